The van der Waals surface area contributed by atoms with Gasteiger partial charge in [0.05, 0.1) is 7.11 Å². The summed E-state index contributed by atoms with van der Waals surface area (Å²) in [4.78, 5) is 0. The third kappa shape index (κ3) is 3.64. The van der Waals surface area contributed by atoms with Crippen molar-refractivity contribution in [2.45, 2.75) is 50.3 Å². The zero-order valence-electron chi connectivity index (χ0n) is 16.8. The number of rotatable bonds is 4. The van der Waals surface area contributed by atoms with Crippen LogP contribution in [0.5, 0.6) is 11.5 Å². The van der Waals surface area contributed by atoms with Gasteiger partial charge in [0.2, 0.25) is 0 Å². The predicted molar refractivity (Wildman–Crippen MR) is 105 cm³/mol. The van der Waals surface area contributed by atoms with Gasteiger partial charge in [-0.25, -0.2) is 4.57 Å². The van der Waals surface area contributed by atoms with Crippen molar-refractivity contribution in [3.8, 4) is 11.5 Å². The average Bonchev–Trinajstić information content (AvgIpc) is 3.20. The minimum Gasteiger partial charge on any atom is -0.497 e. The zero-order chi connectivity index (χ0) is 20.9. The molecule has 30 heavy (non-hydrogen) atoms. The molecular weight excluding hydrogens is 411 g/mol. The molecule has 3 fully saturated rings. The van der Waals surface area contributed by atoms with Crippen LogP contribution in [0, 0.1) is 0 Å². The van der Waals surface area contributed by atoms with Crippen LogP contribution in [-0.2, 0) is 27.8 Å². The summed E-state index contributed by atoms with van der Waals surface area (Å²) in [5.41, 5.74) is 0.755. The molecule has 0 amide bonds. The van der Waals surface area contributed by atoms with E-state index >= 15 is 0 Å². The molecule has 8 nitrogen and oxygen atoms in total. The Kier molecular flexibility index (Phi) is 4.89. The van der Waals surface area contributed by atoms with Gasteiger partial charge in [-0.2, -0.15) is 0 Å². The second-order valence-electron chi connectivity index (χ2n) is 7.79. The lowest BCUT2D eigenvalue weighted by Crippen LogP contribution is -2.43. The topological polar surface area (TPSA) is 81.7 Å². The number of hydrogen-bond donors (Lipinski definition) is 0. The van der Waals surface area contributed by atoms with Crippen molar-refractivity contribution in [1.82, 2.24) is 0 Å². The Balaban J connectivity index is 1.48. The monoisotopic (exact) mass is 434 g/mol. The maximum Gasteiger partial charge on any atom is 0.531 e. The van der Waals surface area contributed by atoms with Gasteiger partial charge in [0.1, 0.15) is 35.9 Å². The van der Waals surface area contributed by atoms with Crippen molar-refractivity contribution in [1.29, 1.82) is 0 Å². The molecule has 2 aromatic rings. The molecule has 3 aliphatic heterocycles. The molecule has 5 rings (SSSR count). The van der Waals surface area contributed by atoms with Crippen LogP contribution in [0.1, 0.15) is 25.5 Å². The van der Waals surface area contributed by atoms with Crippen LogP contribution in [0.3, 0.4) is 0 Å². The van der Waals surface area contributed by atoms with Crippen molar-refractivity contribution in [2.75, 3.05) is 7.11 Å². The highest BCUT2D eigenvalue weighted by Crippen LogP contribution is 2.62. The summed E-state index contributed by atoms with van der Waals surface area (Å²) >= 11 is 0. The fourth-order valence-corrected chi connectivity index (χ4v) is 5.51. The highest BCUT2D eigenvalue weighted by atomic mass is 31.2. The van der Waals surface area contributed by atoms with Crippen molar-refractivity contribution in [2.24, 2.45) is 0 Å². The summed E-state index contributed by atoms with van der Waals surface area (Å²) in [5.74, 6) is 0.248. The summed E-state index contributed by atoms with van der Waals surface area (Å²) in [6.07, 6.45) is -3.17. The molecular formula is C21H23O8P. The highest BCUT2D eigenvalue weighted by molar-refractivity contribution is 7.49. The number of hydrogen-bond acceptors (Lipinski definition) is 8. The third-order valence-corrected chi connectivity index (χ3v) is 6.64. The van der Waals surface area contributed by atoms with Crippen LogP contribution in [0.2, 0.25) is 0 Å². The lowest BCUT2D eigenvalue weighted by Gasteiger charge is -2.38. The molecule has 0 bridgehead atoms. The molecule has 0 N–H and O–H groups in total. The molecule has 0 saturated carbocycles. The van der Waals surface area contributed by atoms with Crippen molar-refractivity contribution >= 4 is 7.82 Å². The summed E-state index contributed by atoms with van der Waals surface area (Å²) < 4.78 is 54.1. The van der Waals surface area contributed by atoms with Crippen LogP contribution < -0.4 is 9.26 Å². The molecule has 9 heteroatoms. The molecule has 3 heterocycles. The van der Waals surface area contributed by atoms with Gasteiger partial charge in [-0.3, -0.25) is 9.05 Å². The normalized spacial score (nSPS) is 36.7. The van der Waals surface area contributed by atoms with Crippen molar-refractivity contribution in [3.63, 3.8) is 0 Å². The maximum absolute atomic E-state index is 13.6. The summed E-state index contributed by atoms with van der Waals surface area (Å²) in [5, 5.41) is 0. The van der Waals surface area contributed by atoms with E-state index in [-0.39, 0.29) is 0 Å². The number of methoxy groups -OCH3 is 1. The van der Waals surface area contributed by atoms with Crippen molar-refractivity contribution in [3.05, 3.63) is 60.2 Å². The van der Waals surface area contributed by atoms with Gasteiger partial charge >= 0.3 is 7.82 Å². The number of ether oxygens (including phenoxy) is 4. The number of fused-ring (bicyclic) bond motifs is 3. The Morgan fingerprint density at radius 3 is 2.30 bits per heavy atom. The van der Waals surface area contributed by atoms with E-state index in [9.17, 15) is 4.57 Å². The predicted octanol–water partition coefficient (Wildman–Crippen LogP) is 4.22. The summed E-state index contributed by atoms with van der Waals surface area (Å²) in [6.45, 7) is 3.59. The summed E-state index contributed by atoms with van der Waals surface area (Å²) in [7, 11) is -2.39. The SMILES string of the molecule is COc1ccc([C@H]2O[P@@](=O)(Oc3ccccc3)O[C@@H]3[C@H]4OC(C)(C)O[C@H]4O[C@@H]32)cc1. The third-order valence-electron chi connectivity index (χ3n) is 5.22. The standard InChI is InChI=1S/C21H23O8P/c1-21(2)25-19-18-17(24-20(19)26-21)16(13-9-11-14(23-3)12-10-13)28-30(22,29-18)27-15-7-5-4-6-8-15/h4-12,16-20H,1-3H3/t16-,17-,18+,19-,20-,30-/m1/s1. The lowest BCUT2D eigenvalue weighted by atomic mass is 9.99. The maximum atomic E-state index is 13.6. The molecule has 160 valence electrons. The van der Waals surface area contributed by atoms with E-state index < -0.39 is 44.3 Å². The zero-order valence-corrected chi connectivity index (χ0v) is 17.7. The molecule has 0 unspecified atom stereocenters. The molecule has 2 aromatic carbocycles. The minimum atomic E-state index is -3.98. The highest BCUT2D eigenvalue weighted by Gasteiger charge is 2.63. The summed E-state index contributed by atoms with van der Waals surface area (Å²) in [6, 6.07) is 16.0. The van der Waals surface area contributed by atoms with Gasteiger partial charge < -0.3 is 23.5 Å². The second-order valence-corrected chi connectivity index (χ2v) is 9.29. The molecule has 0 aromatic heterocycles. The van der Waals surface area contributed by atoms with E-state index in [1.807, 2.05) is 18.2 Å². The molecule has 0 radical (unpaired) electrons. The Bertz CT molecular complexity index is 947. The van der Waals surface area contributed by atoms with Crippen LogP contribution >= 0.6 is 7.82 Å². The second kappa shape index (κ2) is 7.34. The van der Waals surface area contributed by atoms with E-state index in [0.717, 1.165) is 5.56 Å². The first-order valence-electron chi connectivity index (χ1n) is 9.72. The molecule has 3 aliphatic rings. The Morgan fingerprint density at radius 1 is 0.867 bits per heavy atom. The quantitative estimate of drug-likeness (QED) is 0.662. The lowest BCUT2D eigenvalue weighted by molar-refractivity contribution is -0.231. The van der Waals surface area contributed by atoms with E-state index in [4.69, 9.17) is 32.5 Å². The smallest absolute Gasteiger partial charge is 0.497 e. The molecule has 6 atom stereocenters. The van der Waals surface area contributed by atoms with E-state index in [0.29, 0.717) is 11.5 Å². The number of phosphoric ester groups is 1. The van der Waals surface area contributed by atoms with Gasteiger partial charge in [-0.1, -0.05) is 30.3 Å². The van der Waals surface area contributed by atoms with Crippen LogP contribution in [0.4, 0.5) is 0 Å². The van der Waals surface area contributed by atoms with Gasteiger partial charge in [-0.15, -0.1) is 0 Å². The number of para-hydroxylation sites is 1. The van der Waals surface area contributed by atoms with Crippen LogP contribution in [0.25, 0.3) is 0 Å². The first-order valence-corrected chi connectivity index (χ1v) is 11.2. The van der Waals surface area contributed by atoms with E-state index in [1.165, 1.54) is 0 Å². The fraction of sp³-hybridized carbons (Fsp3) is 0.429. The van der Waals surface area contributed by atoms with Gasteiger partial charge in [-0.05, 0) is 43.7 Å². The average molecular weight is 434 g/mol. The Labute approximate surface area is 174 Å². The van der Waals surface area contributed by atoms with Crippen molar-refractivity contribution < 1.29 is 37.1 Å². The van der Waals surface area contributed by atoms with Crippen LogP contribution in [0.15, 0.2) is 54.6 Å². The van der Waals surface area contributed by atoms with Crippen LogP contribution in [-0.4, -0.2) is 37.5 Å². The van der Waals surface area contributed by atoms with Gasteiger partial charge in [0.25, 0.3) is 0 Å². The first-order chi connectivity index (χ1) is 14.4. The molecule has 3 saturated heterocycles. The largest absolute Gasteiger partial charge is 0.531 e. The number of phosphoric acid groups is 1. The van der Waals surface area contributed by atoms with Gasteiger partial charge in [0.15, 0.2) is 12.1 Å². The minimum absolute atomic E-state index is 0.382. The number of benzene rings is 2. The Hall–Kier alpha value is -1.93. The molecule has 0 spiro atoms. The Morgan fingerprint density at radius 2 is 1.60 bits per heavy atom. The first kappa shape index (κ1) is 20.0. The molecule has 0 aliphatic carbocycles. The van der Waals surface area contributed by atoms with E-state index in [1.54, 1.807) is 57.4 Å². The van der Waals surface area contributed by atoms with Gasteiger partial charge in [0, 0.05) is 0 Å². The van der Waals surface area contributed by atoms with E-state index in [2.05, 4.69) is 0 Å². The fourth-order valence-electron chi connectivity index (χ4n) is 3.94.